The number of carbonyl (C=O) groups is 1. The summed E-state index contributed by atoms with van der Waals surface area (Å²) in [6.45, 7) is 1.86. The van der Waals surface area contributed by atoms with Crippen molar-refractivity contribution >= 4 is 5.91 Å². The Kier molecular flexibility index (Phi) is 4.21. The van der Waals surface area contributed by atoms with Crippen LogP contribution in [0.2, 0.25) is 0 Å². The number of halogens is 3. The predicted molar refractivity (Wildman–Crippen MR) is 67.7 cm³/mol. The summed E-state index contributed by atoms with van der Waals surface area (Å²) < 4.78 is 44.8. The van der Waals surface area contributed by atoms with E-state index < -0.39 is 6.36 Å². The molecule has 4 nitrogen and oxygen atoms in total. The van der Waals surface area contributed by atoms with Crippen molar-refractivity contribution in [2.45, 2.75) is 19.8 Å². The zero-order chi connectivity index (χ0) is 15.5. The average molecular weight is 299 g/mol. The van der Waals surface area contributed by atoms with Crippen molar-refractivity contribution < 1.29 is 27.1 Å². The molecular weight excluding hydrogens is 287 g/mol. The Hall–Kier alpha value is -2.44. The summed E-state index contributed by atoms with van der Waals surface area (Å²) in [5.41, 5.74) is 1.08. The molecule has 0 atom stereocenters. The quantitative estimate of drug-likeness (QED) is 0.941. The van der Waals surface area contributed by atoms with Crippen molar-refractivity contribution in [1.29, 1.82) is 0 Å². The topological polar surface area (TPSA) is 51.5 Å². The van der Waals surface area contributed by atoms with E-state index in [1.165, 1.54) is 30.5 Å². The Morgan fingerprint density at radius 2 is 1.90 bits per heavy atom. The van der Waals surface area contributed by atoms with E-state index in [1.54, 1.807) is 13.0 Å². The highest BCUT2D eigenvalue weighted by molar-refractivity contribution is 5.94. The van der Waals surface area contributed by atoms with Crippen LogP contribution in [0.1, 0.15) is 21.7 Å². The van der Waals surface area contributed by atoms with Gasteiger partial charge in [-0.15, -0.1) is 13.2 Å². The molecule has 7 heteroatoms. The van der Waals surface area contributed by atoms with Crippen LogP contribution < -0.4 is 10.1 Å². The number of nitrogens with one attached hydrogen (secondary N) is 1. The molecule has 0 spiro atoms. The maximum atomic E-state index is 12.0. The summed E-state index contributed by atoms with van der Waals surface area (Å²) in [7, 11) is 0. The zero-order valence-electron chi connectivity index (χ0n) is 11.0. The summed E-state index contributed by atoms with van der Waals surface area (Å²) in [6.07, 6.45) is -3.30. The number of furan rings is 1. The van der Waals surface area contributed by atoms with E-state index in [0.717, 1.165) is 0 Å². The lowest BCUT2D eigenvalue weighted by atomic mass is 10.2. The van der Waals surface area contributed by atoms with Crippen molar-refractivity contribution in [3.05, 3.63) is 53.5 Å². The number of hydrogen-bond acceptors (Lipinski definition) is 3. The number of ether oxygens (including phenoxy) is 1. The largest absolute Gasteiger partial charge is 0.573 e. The van der Waals surface area contributed by atoms with Crippen LogP contribution in [-0.2, 0) is 6.54 Å². The molecule has 0 aliphatic heterocycles. The lowest BCUT2D eigenvalue weighted by Gasteiger charge is -2.09. The van der Waals surface area contributed by atoms with Crippen molar-refractivity contribution in [2.75, 3.05) is 0 Å². The molecule has 1 heterocycles. The number of rotatable bonds is 4. The van der Waals surface area contributed by atoms with Crippen LogP contribution >= 0.6 is 0 Å². The van der Waals surface area contributed by atoms with Gasteiger partial charge in [0.1, 0.15) is 11.5 Å². The number of aryl methyl sites for hydroxylation is 1. The van der Waals surface area contributed by atoms with Crippen molar-refractivity contribution in [3.63, 3.8) is 0 Å². The van der Waals surface area contributed by atoms with Crippen molar-refractivity contribution in [1.82, 2.24) is 5.32 Å². The molecule has 0 saturated carbocycles. The fraction of sp³-hybridized carbons (Fsp3) is 0.214. The third-order valence-electron chi connectivity index (χ3n) is 2.71. The predicted octanol–water partition coefficient (Wildman–Crippen LogP) is 3.42. The van der Waals surface area contributed by atoms with Gasteiger partial charge in [-0.1, -0.05) is 12.1 Å². The molecule has 1 amide bonds. The van der Waals surface area contributed by atoms with Crippen LogP contribution in [0.25, 0.3) is 0 Å². The van der Waals surface area contributed by atoms with E-state index in [9.17, 15) is 18.0 Å². The molecule has 0 fully saturated rings. The van der Waals surface area contributed by atoms with Gasteiger partial charge in [-0.3, -0.25) is 4.79 Å². The Bertz CT molecular complexity index is 617. The van der Waals surface area contributed by atoms with Gasteiger partial charge in [-0.2, -0.15) is 0 Å². The van der Waals surface area contributed by atoms with E-state index >= 15 is 0 Å². The number of amides is 1. The van der Waals surface area contributed by atoms with Crippen LogP contribution in [0.4, 0.5) is 13.2 Å². The lowest BCUT2D eigenvalue weighted by Crippen LogP contribution is -2.23. The minimum Gasteiger partial charge on any atom is -0.469 e. The van der Waals surface area contributed by atoms with Crippen LogP contribution in [0.15, 0.2) is 41.0 Å². The summed E-state index contributed by atoms with van der Waals surface area (Å²) in [5.74, 6) is -0.110. The summed E-state index contributed by atoms with van der Waals surface area (Å²) in [5, 5.41) is 2.65. The molecule has 0 bridgehead atoms. The van der Waals surface area contributed by atoms with E-state index in [-0.39, 0.29) is 18.2 Å². The Morgan fingerprint density at radius 1 is 1.24 bits per heavy atom. The molecule has 1 aromatic heterocycles. The first-order valence-corrected chi connectivity index (χ1v) is 6.02. The Labute approximate surface area is 118 Å². The molecular formula is C14H12F3NO3. The Balaban J connectivity index is 1.92. The van der Waals surface area contributed by atoms with Gasteiger partial charge in [0, 0.05) is 6.54 Å². The molecule has 21 heavy (non-hydrogen) atoms. The summed E-state index contributed by atoms with van der Waals surface area (Å²) in [6, 6.07) is 6.83. The first-order valence-electron chi connectivity index (χ1n) is 6.02. The molecule has 0 unspecified atom stereocenters. The van der Waals surface area contributed by atoms with Gasteiger partial charge >= 0.3 is 6.36 Å². The third-order valence-corrected chi connectivity index (χ3v) is 2.71. The number of carbonyl (C=O) groups excluding carboxylic acids is 1. The second-order valence-electron chi connectivity index (χ2n) is 4.26. The maximum Gasteiger partial charge on any atom is 0.573 e. The normalized spacial score (nSPS) is 11.2. The van der Waals surface area contributed by atoms with Crippen molar-refractivity contribution in [2.24, 2.45) is 0 Å². The van der Waals surface area contributed by atoms with E-state index in [0.29, 0.717) is 16.9 Å². The number of alkyl halides is 3. The minimum absolute atomic E-state index is 0.190. The number of hydrogen-bond donors (Lipinski definition) is 1. The van der Waals surface area contributed by atoms with Crippen LogP contribution in [-0.4, -0.2) is 12.3 Å². The average Bonchev–Trinajstić information content (AvgIpc) is 2.82. The highest BCUT2D eigenvalue weighted by atomic mass is 19.4. The van der Waals surface area contributed by atoms with Gasteiger partial charge in [0.2, 0.25) is 0 Å². The monoisotopic (exact) mass is 299 g/mol. The summed E-state index contributed by atoms with van der Waals surface area (Å²) >= 11 is 0. The van der Waals surface area contributed by atoms with Gasteiger partial charge in [-0.05, 0) is 30.7 Å². The first kappa shape index (κ1) is 15.0. The molecule has 2 rings (SSSR count). The lowest BCUT2D eigenvalue weighted by molar-refractivity contribution is -0.274. The second-order valence-corrected chi connectivity index (χ2v) is 4.26. The SMILES string of the molecule is Cc1occc1C(=O)NCc1ccc(OC(F)(F)F)cc1. The van der Waals surface area contributed by atoms with Gasteiger partial charge in [0.25, 0.3) is 5.91 Å². The molecule has 0 aliphatic rings. The van der Waals surface area contributed by atoms with Crippen LogP contribution in [0, 0.1) is 6.92 Å². The number of benzene rings is 1. The van der Waals surface area contributed by atoms with Crippen LogP contribution in [0.5, 0.6) is 5.75 Å². The van der Waals surface area contributed by atoms with Crippen LogP contribution in [0.3, 0.4) is 0 Å². The molecule has 0 saturated heterocycles. The van der Waals surface area contributed by atoms with E-state index in [4.69, 9.17) is 4.42 Å². The maximum absolute atomic E-state index is 12.0. The zero-order valence-corrected chi connectivity index (χ0v) is 11.0. The fourth-order valence-electron chi connectivity index (χ4n) is 1.71. The van der Waals surface area contributed by atoms with E-state index in [1.807, 2.05) is 0 Å². The van der Waals surface area contributed by atoms with Gasteiger partial charge in [-0.25, -0.2) is 0 Å². The smallest absolute Gasteiger partial charge is 0.469 e. The molecule has 0 radical (unpaired) electrons. The highest BCUT2D eigenvalue weighted by Gasteiger charge is 2.30. The second kappa shape index (κ2) is 5.90. The molecule has 0 aliphatic carbocycles. The summed E-state index contributed by atoms with van der Waals surface area (Å²) in [4.78, 5) is 11.8. The Morgan fingerprint density at radius 3 is 2.43 bits per heavy atom. The molecule has 2 aromatic rings. The van der Waals surface area contributed by atoms with Gasteiger partial charge in [0.05, 0.1) is 11.8 Å². The molecule has 1 aromatic carbocycles. The van der Waals surface area contributed by atoms with Crippen molar-refractivity contribution in [3.8, 4) is 5.75 Å². The first-order chi connectivity index (χ1) is 9.85. The van der Waals surface area contributed by atoms with Gasteiger partial charge < -0.3 is 14.5 Å². The molecule has 1 N–H and O–H groups in total. The standard InChI is InChI=1S/C14H12F3NO3/c1-9-12(6-7-20-9)13(19)18-8-10-2-4-11(5-3-10)21-14(15,16)17/h2-7H,8H2,1H3,(H,18,19). The molecule has 112 valence electrons. The minimum atomic E-state index is -4.71. The fourth-order valence-corrected chi connectivity index (χ4v) is 1.71. The van der Waals surface area contributed by atoms with E-state index in [2.05, 4.69) is 10.1 Å². The highest BCUT2D eigenvalue weighted by Crippen LogP contribution is 2.22. The van der Waals surface area contributed by atoms with Gasteiger partial charge in [0.15, 0.2) is 0 Å². The third kappa shape index (κ3) is 4.27.